The molecule has 0 aliphatic rings. The Morgan fingerprint density at radius 2 is 1.77 bits per heavy atom. The maximum Gasteiger partial charge on any atom is 0.272 e. The first-order chi connectivity index (χ1) is 14.9. The van der Waals surface area contributed by atoms with Gasteiger partial charge in [0.1, 0.15) is 17.2 Å². The van der Waals surface area contributed by atoms with Crippen molar-refractivity contribution >= 4 is 40.6 Å². The summed E-state index contributed by atoms with van der Waals surface area (Å²) in [4.78, 5) is 38.5. The Balaban J connectivity index is 1.77. The molecule has 160 valence electrons. The van der Waals surface area contributed by atoms with Crippen molar-refractivity contribution in [1.82, 2.24) is 9.69 Å². The van der Waals surface area contributed by atoms with Crippen LogP contribution in [0.4, 0.5) is 11.4 Å². The molecule has 2 aromatic carbocycles. The molecule has 5 N–H and O–H groups in total. The molecule has 0 atom stereocenters. The van der Waals surface area contributed by atoms with Crippen molar-refractivity contribution in [2.75, 3.05) is 24.3 Å². The molecular formula is C21H21N5O4S. The summed E-state index contributed by atoms with van der Waals surface area (Å²) in [5.41, 5.74) is 12.3. The van der Waals surface area contributed by atoms with Crippen LogP contribution in [-0.4, -0.2) is 35.7 Å². The number of carbonyl (C=O) groups is 3. The quantitative estimate of drug-likeness (QED) is 0.489. The molecule has 1 aromatic heterocycles. The topological polar surface area (TPSA) is 141 Å². The van der Waals surface area contributed by atoms with Crippen LogP contribution in [0.5, 0.6) is 5.75 Å². The summed E-state index contributed by atoms with van der Waals surface area (Å²) in [5.74, 6) is -1.02. The fraction of sp³-hybridized carbons (Fsp3) is 0.143. The first-order valence-electron chi connectivity index (χ1n) is 9.22. The highest BCUT2D eigenvalue weighted by Crippen LogP contribution is 2.25. The molecule has 0 bridgehead atoms. The monoisotopic (exact) mass is 439 g/mol. The number of hydrogen-bond acceptors (Lipinski definition) is 7. The Labute approximate surface area is 182 Å². The van der Waals surface area contributed by atoms with Gasteiger partial charge in [0.2, 0.25) is 5.91 Å². The van der Waals surface area contributed by atoms with E-state index in [9.17, 15) is 14.4 Å². The summed E-state index contributed by atoms with van der Waals surface area (Å²) in [7, 11) is 1.58. The Bertz CT molecular complexity index is 1080. The molecule has 0 saturated heterocycles. The largest absolute Gasteiger partial charge is 0.497 e. The third-order valence-electron chi connectivity index (χ3n) is 4.42. The van der Waals surface area contributed by atoms with Gasteiger partial charge >= 0.3 is 0 Å². The summed E-state index contributed by atoms with van der Waals surface area (Å²) in [5, 5.41) is 2.79. The number of hydrogen-bond donors (Lipinski definition) is 3. The van der Waals surface area contributed by atoms with Gasteiger partial charge in [0.15, 0.2) is 5.69 Å². The number of aromatic nitrogens is 1. The predicted molar refractivity (Wildman–Crippen MR) is 118 cm³/mol. The number of amides is 3. The highest BCUT2D eigenvalue weighted by molar-refractivity contribution is 7.09. The van der Waals surface area contributed by atoms with Crippen LogP contribution in [0.25, 0.3) is 0 Å². The van der Waals surface area contributed by atoms with E-state index in [1.54, 1.807) is 49.6 Å². The molecule has 10 heteroatoms. The average Bonchev–Trinajstić information content (AvgIpc) is 3.18. The van der Waals surface area contributed by atoms with Gasteiger partial charge < -0.3 is 21.5 Å². The predicted octanol–water partition coefficient (Wildman–Crippen LogP) is 1.80. The highest BCUT2D eigenvalue weighted by atomic mass is 32.1. The van der Waals surface area contributed by atoms with Gasteiger partial charge in [0.05, 0.1) is 12.8 Å². The second-order valence-electron chi connectivity index (χ2n) is 6.49. The molecule has 0 aliphatic carbocycles. The van der Waals surface area contributed by atoms with E-state index in [0.29, 0.717) is 11.4 Å². The molecule has 0 unspecified atom stereocenters. The molecule has 0 spiro atoms. The van der Waals surface area contributed by atoms with Crippen LogP contribution in [0.15, 0.2) is 54.6 Å². The highest BCUT2D eigenvalue weighted by Gasteiger charge is 2.27. The number of primary amides is 1. The van der Waals surface area contributed by atoms with Crippen LogP contribution in [0.1, 0.15) is 25.7 Å². The summed E-state index contributed by atoms with van der Waals surface area (Å²) in [6.07, 6.45) is 0. The van der Waals surface area contributed by atoms with Crippen LogP contribution in [0.3, 0.4) is 0 Å². The maximum absolute atomic E-state index is 13.2. The van der Waals surface area contributed by atoms with Crippen LogP contribution in [0.2, 0.25) is 0 Å². The van der Waals surface area contributed by atoms with Gasteiger partial charge in [-0.15, -0.1) is 0 Å². The minimum atomic E-state index is -0.823. The van der Waals surface area contributed by atoms with Gasteiger partial charge in [-0.25, -0.2) is 0 Å². The van der Waals surface area contributed by atoms with Gasteiger partial charge in [-0.05, 0) is 41.4 Å². The third kappa shape index (κ3) is 5.17. The van der Waals surface area contributed by atoms with Crippen molar-refractivity contribution in [1.29, 1.82) is 0 Å². The Morgan fingerprint density at radius 1 is 1.10 bits per heavy atom. The lowest BCUT2D eigenvalue weighted by atomic mass is 10.2. The lowest BCUT2D eigenvalue weighted by molar-refractivity contribution is -0.119. The van der Waals surface area contributed by atoms with Crippen LogP contribution >= 0.6 is 11.5 Å². The normalized spacial score (nSPS) is 10.4. The summed E-state index contributed by atoms with van der Waals surface area (Å²) < 4.78 is 8.98. The minimum Gasteiger partial charge on any atom is -0.497 e. The lowest BCUT2D eigenvalue weighted by Crippen LogP contribution is -2.40. The van der Waals surface area contributed by atoms with Gasteiger partial charge in [-0.2, -0.15) is 4.37 Å². The number of carbonyl (C=O) groups excluding carboxylic acids is 3. The zero-order valence-corrected chi connectivity index (χ0v) is 17.5. The number of nitrogens with zero attached hydrogens (tertiary/aromatic N) is 2. The number of ether oxygens (including phenoxy) is 1. The Morgan fingerprint density at radius 3 is 2.35 bits per heavy atom. The lowest BCUT2D eigenvalue weighted by Gasteiger charge is -2.22. The van der Waals surface area contributed by atoms with Gasteiger partial charge in [-0.1, -0.05) is 30.3 Å². The van der Waals surface area contributed by atoms with E-state index in [1.807, 2.05) is 12.1 Å². The summed E-state index contributed by atoms with van der Waals surface area (Å²) in [6.45, 7) is 0.0381. The van der Waals surface area contributed by atoms with Gasteiger partial charge in [0, 0.05) is 12.2 Å². The van der Waals surface area contributed by atoms with E-state index in [1.165, 1.54) is 4.90 Å². The number of nitrogen functional groups attached to an aromatic ring is 1. The average molecular weight is 439 g/mol. The second-order valence-corrected chi connectivity index (χ2v) is 7.26. The molecule has 3 aromatic rings. The first-order valence-corrected chi connectivity index (χ1v) is 9.99. The van der Waals surface area contributed by atoms with E-state index in [-0.39, 0.29) is 35.3 Å². The first kappa shape index (κ1) is 21.8. The molecule has 1 heterocycles. The van der Waals surface area contributed by atoms with E-state index < -0.39 is 11.8 Å². The smallest absolute Gasteiger partial charge is 0.272 e. The van der Waals surface area contributed by atoms with Crippen LogP contribution in [0, 0.1) is 0 Å². The molecule has 31 heavy (non-hydrogen) atoms. The maximum atomic E-state index is 13.2. The zero-order valence-electron chi connectivity index (χ0n) is 16.7. The molecule has 9 nitrogen and oxygen atoms in total. The molecular weight excluding hydrogens is 418 g/mol. The van der Waals surface area contributed by atoms with Crippen molar-refractivity contribution in [2.45, 2.75) is 6.54 Å². The SMILES string of the molecule is COc1ccc(CNC(=O)CN(C(=O)c2snc(C(N)=O)c2N)c2ccccc2)cc1. The number of benzene rings is 2. The number of anilines is 2. The molecule has 0 aliphatic heterocycles. The Kier molecular flexibility index (Phi) is 6.83. The van der Waals surface area contributed by atoms with E-state index >= 15 is 0 Å². The molecule has 3 amide bonds. The van der Waals surface area contributed by atoms with E-state index in [2.05, 4.69) is 9.69 Å². The Hall–Kier alpha value is -3.92. The standard InChI is InChI=1S/C21H21N5O4S/c1-30-15-9-7-13(8-10-15)11-24-16(27)12-26(14-5-3-2-4-6-14)21(29)19-17(22)18(20(23)28)25-31-19/h2-10H,11-12,22H2,1H3,(H2,23,28)(H,24,27). The van der Waals surface area contributed by atoms with Crippen molar-refractivity contribution in [3.05, 3.63) is 70.7 Å². The van der Waals surface area contributed by atoms with Gasteiger partial charge in [0.25, 0.3) is 11.8 Å². The zero-order chi connectivity index (χ0) is 22.4. The number of para-hydroxylation sites is 1. The third-order valence-corrected chi connectivity index (χ3v) is 5.27. The van der Waals surface area contributed by atoms with E-state index in [0.717, 1.165) is 17.1 Å². The number of nitrogens with one attached hydrogen (secondary N) is 1. The van der Waals surface area contributed by atoms with E-state index in [4.69, 9.17) is 16.2 Å². The minimum absolute atomic E-state index is 0.0422. The van der Waals surface area contributed by atoms with Crippen molar-refractivity contribution in [2.24, 2.45) is 5.73 Å². The fourth-order valence-electron chi connectivity index (χ4n) is 2.78. The number of methoxy groups -OCH3 is 1. The molecule has 0 saturated carbocycles. The van der Waals surface area contributed by atoms with Crippen LogP contribution in [-0.2, 0) is 11.3 Å². The summed E-state index contributed by atoms with van der Waals surface area (Å²) >= 11 is 0.766. The molecule has 0 radical (unpaired) electrons. The van der Waals surface area contributed by atoms with Crippen molar-refractivity contribution in [3.8, 4) is 5.75 Å². The van der Waals surface area contributed by atoms with Gasteiger partial charge in [-0.3, -0.25) is 19.3 Å². The van der Waals surface area contributed by atoms with Crippen molar-refractivity contribution < 1.29 is 19.1 Å². The number of rotatable bonds is 8. The fourth-order valence-corrected chi connectivity index (χ4v) is 3.54. The molecule has 3 rings (SSSR count). The van der Waals surface area contributed by atoms with Crippen LogP contribution < -0.4 is 26.4 Å². The second kappa shape index (κ2) is 9.72. The summed E-state index contributed by atoms with van der Waals surface area (Å²) in [6, 6.07) is 15.9. The molecule has 0 fully saturated rings. The number of nitrogens with two attached hydrogens (primary N) is 2. The van der Waals surface area contributed by atoms with Crippen molar-refractivity contribution in [3.63, 3.8) is 0 Å².